The minimum absolute atomic E-state index is 0.112. The van der Waals surface area contributed by atoms with Gasteiger partial charge in [-0.05, 0) is 42.1 Å². The van der Waals surface area contributed by atoms with Gasteiger partial charge in [0.2, 0.25) is 0 Å². The molecule has 9 heteroatoms. The molecular weight excluding hydrogens is 546 g/mol. The van der Waals surface area contributed by atoms with Crippen LogP contribution in [0, 0.1) is 0 Å². The lowest BCUT2D eigenvalue weighted by Crippen LogP contribution is -2.30. The number of aldehydes is 1. The highest BCUT2D eigenvalue weighted by molar-refractivity contribution is 5.77. The first-order valence-electron chi connectivity index (χ1n) is 13.6. The fraction of sp³-hybridized carbons (Fsp3) is 0.206. The average Bonchev–Trinajstić information content (AvgIpc) is 3.05. The Morgan fingerprint density at radius 2 is 1.33 bits per heavy atom. The second kappa shape index (κ2) is 21.9. The van der Waals surface area contributed by atoms with Crippen molar-refractivity contribution in [2.24, 2.45) is 17.2 Å². The molecule has 0 saturated carbocycles. The summed E-state index contributed by atoms with van der Waals surface area (Å²) in [5.41, 5.74) is 20.6. The molecule has 228 valence electrons. The minimum Gasteiger partial charge on any atom is -0.496 e. The maximum Gasteiger partial charge on any atom is 0.320 e. The van der Waals surface area contributed by atoms with Crippen LogP contribution in [0.4, 0.5) is 0 Å². The SMILES string of the molecule is COc1ccccc1CN.NCCC[C@H](N)C(=O)O.O=C(O)Cc1ccccc1.O=Cc1ccc(-c2ccccc2)cc1. The molecule has 0 aliphatic heterocycles. The highest BCUT2D eigenvalue weighted by Gasteiger charge is 2.08. The zero-order chi connectivity index (χ0) is 31.9. The van der Waals surface area contributed by atoms with Gasteiger partial charge in [-0.3, -0.25) is 14.4 Å². The van der Waals surface area contributed by atoms with Crippen molar-refractivity contribution >= 4 is 18.2 Å². The summed E-state index contributed by atoms with van der Waals surface area (Å²) in [6.07, 6.45) is 2.11. The van der Waals surface area contributed by atoms with E-state index in [-0.39, 0.29) is 6.42 Å². The number of carbonyl (C=O) groups is 3. The lowest BCUT2D eigenvalue weighted by atomic mass is 10.0. The van der Waals surface area contributed by atoms with Gasteiger partial charge in [-0.1, -0.05) is 103 Å². The second-order valence-electron chi connectivity index (χ2n) is 9.05. The van der Waals surface area contributed by atoms with Crippen molar-refractivity contribution in [1.82, 2.24) is 0 Å². The monoisotopic (exact) mass is 587 g/mol. The molecule has 8 N–H and O–H groups in total. The van der Waals surface area contributed by atoms with Crippen LogP contribution in [0.1, 0.15) is 34.3 Å². The zero-order valence-corrected chi connectivity index (χ0v) is 24.3. The molecule has 0 bridgehead atoms. The van der Waals surface area contributed by atoms with Crippen LogP contribution < -0.4 is 21.9 Å². The van der Waals surface area contributed by atoms with Crippen LogP contribution in [-0.2, 0) is 22.6 Å². The van der Waals surface area contributed by atoms with Gasteiger partial charge in [0.1, 0.15) is 18.1 Å². The maximum atomic E-state index is 10.5. The summed E-state index contributed by atoms with van der Waals surface area (Å²) in [5.74, 6) is -0.875. The number of hydrogen-bond acceptors (Lipinski definition) is 7. The largest absolute Gasteiger partial charge is 0.496 e. The number of carboxylic acid groups (broad SMARTS) is 2. The van der Waals surface area contributed by atoms with Crippen molar-refractivity contribution in [2.75, 3.05) is 13.7 Å². The predicted molar refractivity (Wildman–Crippen MR) is 170 cm³/mol. The van der Waals surface area contributed by atoms with E-state index in [2.05, 4.69) is 12.1 Å². The van der Waals surface area contributed by atoms with Gasteiger partial charge in [0.05, 0.1) is 13.5 Å². The van der Waals surface area contributed by atoms with E-state index in [1.165, 1.54) is 5.56 Å². The Balaban J connectivity index is 0.000000292. The first-order chi connectivity index (χ1) is 20.7. The second-order valence-corrected chi connectivity index (χ2v) is 9.05. The number of nitrogens with two attached hydrogens (primary N) is 3. The van der Waals surface area contributed by atoms with Crippen LogP contribution in [0.15, 0.2) is 109 Å². The molecular formula is C34H41N3O6. The number of benzene rings is 4. The fourth-order valence-corrected chi connectivity index (χ4v) is 3.49. The molecule has 0 radical (unpaired) electrons. The molecule has 0 amide bonds. The van der Waals surface area contributed by atoms with Crippen LogP contribution in [0.3, 0.4) is 0 Å². The molecule has 0 heterocycles. The van der Waals surface area contributed by atoms with E-state index >= 15 is 0 Å². The fourth-order valence-electron chi connectivity index (χ4n) is 3.49. The van der Waals surface area contributed by atoms with Crippen LogP contribution in [0.2, 0.25) is 0 Å². The zero-order valence-electron chi connectivity index (χ0n) is 24.3. The quantitative estimate of drug-likeness (QED) is 0.163. The van der Waals surface area contributed by atoms with Crippen molar-refractivity contribution < 1.29 is 29.3 Å². The number of methoxy groups -OCH3 is 1. The molecule has 4 aromatic carbocycles. The maximum absolute atomic E-state index is 10.5. The van der Waals surface area contributed by atoms with Crippen molar-refractivity contribution in [3.8, 4) is 16.9 Å². The van der Waals surface area contributed by atoms with E-state index in [9.17, 15) is 14.4 Å². The standard InChI is InChI=1S/C13H10O.C8H11NO.C8H8O2.C5H12N2O2/c14-10-11-6-8-13(9-7-11)12-4-2-1-3-5-12;1-10-8-5-3-2-4-7(8)6-9;9-8(10)6-7-4-2-1-3-5-7;6-3-1-2-4(7)5(8)9/h1-10H;2-5H,6,9H2,1H3;1-5H,6H2,(H,9,10);4H,1-3,6-7H2,(H,8,9)/t;;;4-/m...0/s1. The molecule has 4 rings (SSSR count). The first-order valence-corrected chi connectivity index (χ1v) is 13.6. The number of aliphatic carboxylic acids is 2. The van der Waals surface area contributed by atoms with E-state index in [0.717, 1.165) is 28.7 Å². The van der Waals surface area contributed by atoms with E-state index in [0.29, 0.717) is 31.5 Å². The molecule has 0 aromatic heterocycles. The smallest absolute Gasteiger partial charge is 0.320 e. The summed E-state index contributed by atoms with van der Waals surface area (Å²) >= 11 is 0. The first kappa shape index (κ1) is 36.2. The molecule has 4 aromatic rings. The van der Waals surface area contributed by atoms with Crippen molar-refractivity contribution in [2.45, 2.75) is 31.8 Å². The van der Waals surface area contributed by atoms with E-state index in [4.69, 9.17) is 32.2 Å². The number of rotatable bonds is 10. The third-order valence-electron chi connectivity index (χ3n) is 5.80. The van der Waals surface area contributed by atoms with Gasteiger partial charge in [0.15, 0.2) is 0 Å². The summed E-state index contributed by atoms with van der Waals surface area (Å²) in [4.78, 5) is 30.7. The van der Waals surface area contributed by atoms with E-state index < -0.39 is 18.0 Å². The average molecular weight is 588 g/mol. The van der Waals surface area contributed by atoms with Gasteiger partial charge in [-0.15, -0.1) is 0 Å². The Bertz CT molecular complexity index is 1310. The summed E-state index contributed by atoms with van der Waals surface area (Å²) in [6.45, 7) is 1.03. The number of para-hydroxylation sites is 1. The summed E-state index contributed by atoms with van der Waals surface area (Å²) in [7, 11) is 1.65. The van der Waals surface area contributed by atoms with Crippen LogP contribution in [0.5, 0.6) is 5.75 Å². The van der Waals surface area contributed by atoms with Crippen molar-refractivity contribution in [1.29, 1.82) is 0 Å². The van der Waals surface area contributed by atoms with E-state index in [1.807, 2.05) is 84.9 Å². The lowest BCUT2D eigenvalue weighted by molar-refractivity contribution is -0.139. The molecule has 0 aliphatic carbocycles. The Morgan fingerprint density at radius 1 is 0.791 bits per heavy atom. The van der Waals surface area contributed by atoms with Gasteiger partial charge < -0.3 is 32.2 Å². The Hall–Kier alpha value is -4.83. The van der Waals surface area contributed by atoms with E-state index in [1.54, 1.807) is 19.2 Å². The van der Waals surface area contributed by atoms with Crippen LogP contribution >= 0.6 is 0 Å². The number of ether oxygens (including phenoxy) is 1. The molecule has 0 saturated heterocycles. The number of carbonyl (C=O) groups excluding carboxylic acids is 1. The molecule has 1 atom stereocenters. The molecule has 0 aliphatic rings. The summed E-state index contributed by atoms with van der Waals surface area (Å²) < 4.78 is 5.06. The highest BCUT2D eigenvalue weighted by Crippen LogP contribution is 2.18. The van der Waals surface area contributed by atoms with Gasteiger partial charge >= 0.3 is 11.9 Å². The van der Waals surface area contributed by atoms with Crippen LogP contribution in [0.25, 0.3) is 11.1 Å². The third-order valence-corrected chi connectivity index (χ3v) is 5.80. The highest BCUT2D eigenvalue weighted by atomic mass is 16.5. The Labute approximate surface area is 252 Å². The molecule has 0 spiro atoms. The van der Waals surface area contributed by atoms with Gasteiger partial charge in [-0.2, -0.15) is 0 Å². The van der Waals surface area contributed by atoms with Crippen molar-refractivity contribution in [3.63, 3.8) is 0 Å². The molecule has 0 fully saturated rings. The summed E-state index contributed by atoms with van der Waals surface area (Å²) in [5, 5.41) is 16.6. The van der Waals surface area contributed by atoms with Crippen molar-refractivity contribution in [3.05, 3.63) is 126 Å². The Morgan fingerprint density at radius 3 is 1.79 bits per heavy atom. The van der Waals surface area contributed by atoms with Gasteiger partial charge in [0, 0.05) is 17.7 Å². The minimum atomic E-state index is -0.955. The number of hydrogen-bond donors (Lipinski definition) is 5. The van der Waals surface area contributed by atoms with Gasteiger partial charge in [0.25, 0.3) is 0 Å². The molecule has 9 nitrogen and oxygen atoms in total. The predicted octanol–water partition coefficient (Wildman–Crippen LogP) is 4.77. The topological polar surface area (TPSA) is 179 Å². The number of carboxylic acids is 2. The Kier molecular flexibility index (Phi) is 18.4. The third kappa shape index (κ3) is 15.7. The van der Waals surface area contributed by atoms with Crippen LogP contribution in [-0.4, -0.2) is 48.1 Å². The van der Waals surface area contributed by atoms with Gasteiger partial charge in [-0.25, -0.2) is 0 Å². The lowest BCUT2D eigenvalue weighted by Gasteiger charge is -2.03. The summed E-state index contributed by atoms with van der Waals surface area (Å²) in [6, 6.07) is 33.8. The molecule has 0 unspecified atom stereocenters. The normalized spacial score (nSPS) is 10.2. The molecule has 43 heavy (non-hydrogen) atoms.